The minimum absolute atomic E-state index is 0.153. The average molecular weight is 432 g/mol. The second-order valence-corrected chi connectivity index (χ2v) is 7.07. The molecule has 10 nitrogen and oxygen atoms in total. The molecule has 0 saturated heterocycles. The molecule has 0 unspecified atom stereocenters. The summed E-state index contributed by atoms with van der Waals surface area (Å²) >= 11 is 0. The van der Waals surface area contributed by atoms with Crippen LogP contribution >= 0.6 is 0 Å². The van der Waals surface area contributed by atoms with Crippen LogP contribution < -0.4 is 10.6 Å². The van der Waals surface area contributed by atoms with E-state index in [0.29, 0.717) is 25.6 Å². The predicted molar refractivity (Wildman–Crippen MR) is 122 cm³/mol. The molecule has 3 heterocycles. The highest BCUT2D eigenvalue weighted by Gasteiger charge is 2.09. The summed E-state index contributed by atoms with van der Waals surface area (Å²) in [6.07, 6.45) is 10.3. The predicted octanol–water partition coefficient (Wildman–Crippen LogP) is 2.98. The summed E-state index contributed by atoms with van der Waals surface area (Å²) in [5.74, 6) is 0.312. The normalized spacial score (nSPS) is 11.3. The number of benzene rings is 1. The lowest BCUT2D eigenvalue weighted by atomic mass is 10.2. The van der Waals surface area contributed by atoms with Crippen molar-refractivity contribution >= 4 is 34.3 Å². The number of carbonyl (C=O) groups excluding carboxylic acids is 1. The average Bonchev–Trinajstić information content (AvgIpc) is 3.40. The highest BCUT2D eigenvalue weighted by atomic mass is 16.5. The molecule has 0 fully saturated rings. The van der Waals surface area contributed by atoms with Gasteiger partial charge in [-0.1, -0.05) is 18.2 Å². The van der Waals surface area contributed by atoms with Gasteiger partial charge in [0.15, 0.2) is 5.65 Å². The van der Waals surface area contributed by atoms with E-state index < -0.39 is 0 Å². The fourth-order valence-electron chi connectivity index (χ4n) is 3.11. The van der Waals surface area contributed by atoms with Gasteiger partial charge in [-0.15, -0.1) is 0 Å². The Kier molecular flexibility index (Phi) is 6.52. The lowest BCUT2D eigenvalue weighted by Crippen LogP contribution is -2.08. The SMILES string of the molecule is C/C=C/C(=O)Nc1ccc(Cn2ncc3cnc(Nc4cnn(CCOC)c4)nc32)cc1. The Morgan fingerprint density at radius 3 is 2.75 bits per heavy atom. The van der Waals surface area contributed by atoms with E-state index in [1.54, 1.807) is 43.4 Å². The van der Waals surface area contributed by atoms with Crippen molar-refractivity contribution in [1.29, 1.82) is 0 Å². The zero-order valence-corrected chi connectivity index (χ0v) is 17.9. The van der Waals surface area contributed by atoms with Crippen molar-refractivity contribution in [2.75, 3.05) is 24.4 Å². The molecule has 2 N–H and O–H groups in total. The third kappa shape index (κ3) is 5.16. The first-order valence-corrected chi connectivity index (χ1v) is 10.1. The van der Waals surface area contributed by atoms with Crippen LogP contribution in [0, 0.1) is 0 Å². The van der Waals surface area contributed by atoms with Crippen LogP contribution in [0.2, 0.25) is 0 Å². The van der Waals surface area contributed by atoms with Gasteiger partial charge in [0.2, 0.25) is 11.9 Å². The summed E-state index contributed by atoms with van der Waals surface area (Å²) in [6.45, 7) is 3.60. The lowest BCUT2D eigenvalue weighted by Gasteiger charge is -2.07. The first-order chi connectivity index (χ1) is 15.6. The fourth-order valence-corrected chi connectivity index (χ4v) is 3.11. The highest BCUT2D eigenvalue weighted by molar-refractivity contribution is 5.99. The zero-order chi connectivity index (χ0) is 22.3. The number of nitrogens with one attached hydrogen (secondary N) is 2. The molecule has 1 aromatic carbocycles. The van der Waals surface area contributed by atoms with Crippen molar-refractivity contribution in [2.24, 2.45) is 0 Å². The van der Waals surface area contributed by atoms with E-state index in [0.717, 1.165) is 28.0 Å². The molecule has 0 aliphatic heterocycles. The van der Waals surface area contributed by atoms with Gasteiger partial charge in [0.1, 0.15) is 0 Å². The molecule has 10 heteroatoms. The van der Waals surface area contributed by atoms with E-state index >= 15 is 0 Å². The number of ether oxygens (including phenoxy) is 1. The number of methoxy groups -OCH3 is 1. The summed E-state index contributed by atoms with van der Waals surface area (Å²) in [6, 6.07) is 7.64. The standard InChI is InChI=1S/C22H24N8O2/c1-3-4-20(31)26-18-7-5-16(6-8-18)14-30-21-17(12-25-30)11-23-22(28-21)27-19-13-24-29(15-19)9-10-32-2/h3-8,11-13,15H,9-10,14H2,1-2H3,(H,26,31)(H,23,27,28)/b4-3+. The number of hydrogen-bond acceptors (Lipinski definition) is 7. The number of allylic oxidation sites excluding steroid dienone is 1. The zero-order valence-electron chi connectivity index (χ0n) is 17.9. The monoisotopic (exact) mass is 432 g/mol. The van der Waals surface area contributed by atoms with Crippen LogP contribution in [-0.4, -0.2) is 49.2 Å². The summed E-state index contributed by atoms with van der Waals surface area (Å²) < 4.78 is 8.68. The molecule has 0 bridgehead atoms. The summed E-state index contributed by atoms with van der Waals surface area (Å²) in [5.41, 5.74) is 3.29. The maximum atomic E-state index is 11.7. The maximum Gasteiger partial charge on any atom is 0.248 e. The van der Waals surface area contributed by atoms with E-state index in [-0.39, 0.29) is 5.91 Å². The number of aromatic nitrogens is 6. The first kappa shape index (κ1) is 21.2. The van der Waals surface area contributed by atoms with E-state index in [1.807, 2.05) is 35.1 Å². The van der Waals surface area contributed by atoms with Gasteiger partial charge >= 0.3 is 0 Å². The van der Waals surface area contributed by atoms with Gasteiger partial charge in [-0.05, 0) is 30.7 Å². The van der Waals surface area contributed by atoms with Crippen LogP contribution in [0.15, 0.2) is 61.2 Å². The number of rotatable bonds is 9. The minimum atomic E-state index is -0.153. The number of hydrogen-bond donors (Lipinski definition) is 2. The summed E-state index contributed by atoms with van der Waals surface area (Å²) in [4.78, 5) is 20.7. The van der Waals surface area contributed by atoms with Gasteiger partial charge in [0, 0.05) is 25.2 Å². The van der Waals surface area contributed by atoms with Gasteiger partial charge < -0.3 is 15.4 Å². The number of fused-ring (bicyclic) bond motifs is 1. The molecule has 0 spiro atoms. The molecule has 3 aromatic heterocycles. The second-order valence-electron chi connectivity index (χ2n) is 7.07. The topological polar surface area (TPSA) is 112 Å². The molecule has 1 amide bonds. The number of amides is 1. The van der Waals surface area contributed by atoms with Crippen molar-refractivity contribution in [2.45, 2.75) is 20.0 Å². The van der Waals surface area contributed by atoms with E-state index in [9.17, 15) is 4.79 Å². The Labute approximate surface area is 184 Å². The second kappa shape index (κ2) is 9.84. The van der Waals surface area contributed by atoms with Gasteiger partial charge in [-0.25, -0.2) is 9.67 Å². The molecule has 0 radical (unpaired) electrons. The van der Waals surface area contributed by atoms with Crippen LogP contribution in [0.3, 0.4) is 0 Å². The van der Waals surface area contributed by atoms with Crippen molar-refractivity contribution in [3.8, 4) is 0 Å². The van der Waals surface area contributed by atoms with E-state index in [2.05, 4.69) is 30.8 Å². The fraction of sp³-hybridized carbons (Fsp3) is 0.227. The highest BCUT2D eigenvalue weighted by Crippen LogP contribution is 2.18. The molecule has 0 saturated carbocycles. The molecule has 0 atom stereocenters. The Balaban J connectivity index is 1.47. The smallest absolute Gasteiger partial charge is 0.248 e. The Bertz CT molecular complexity index is 1230. The van der Waals surface area contributed by atoms with Crippen molar-refractivity contribution < 1.29 is 9.53 Å². The Morgan fingerprint density at radius 1 is 1.12 bits per heavy atom. The molecule has 4 rings (SSSR count). The Hall–Kier alpha value is -4.05. The number of carbonyl (C=O) groups is 1. The van der Waals surface area contributed by atoms with E-state index in [1.165, 1.54) is 6.08 Å². The lowest BCUT2D eigenvalue weighted by molar-refractivity contribution is -0.111. The van der Waals surface area contributed by atoms with Gasteiger partial charge in [0.25, 0.3) is 0 Å². The van der Waals surface area contributed by atoms with Crippen LogP contribution in [0.1, 0.15) is 12.5 Å². The van der Waals surface area contributed by atoms with Crippen LogP contribution in [0.25, 0.3) is 11.0 Å². The van der Waals surface area contributed by atoms with Crippen LogP contribution in [-0.2, 0) is 22.6 Å². The minimum Gasteiger partial charge on any atom is -0.383 e. The van der Waals surface area contributed by atoms with Crippen LogP contribution in [0.5, 0.6) is 0 Å². The molecular weight excluding hydrogens is 408 g/mol. The Morgan fingerprint density at radius 2 is 1.97 bits per heavy atom. The molecule has 164 valence electrons. The van der Waals surface area contributed by atoms with Gasteiger partial charge in [-0.2, -0.15) is 15.2 Å². The maximum absolute atomic E-state index is 11.7. The summed E-state index contributed by atoms with van der Waals surface area (Å²) in [5, 5.41) is 15.6. The molecule has 0 aliphatic carbocycles. The largest absolute Gasteiger partial charge is 0.383 e. The van der Waals surface area contributed by atoms with Crippen molar-refractivity contribution in [3.05, 3.63) is 66.8 Å². The van der Waals surface area contributed by atoms with E-state index in [4.69, 9.17) is 4.74 Å². The number of nitrogens with zero attached hydrogens (tertiary/aromatic N) is 6. The van der Waals surface area contributed by atoms with Gasteiger partial charge in [-0.3, -0.25) is 9.48 Å². The first-order valence-electron chi connectivity index (χ1n) is 10.1. The molecule has 0 aliphatic rings. The van der Waals surface area contributed by atoms with Crippen molar-refractivity contribution in [3.63, 3.8) is 0 Å². The number of anilines is 3. The van der Waals surface area contributed by atoms with Gasteiger partial charge in [0.05, 0.1) is 43.2 Å². The quantitative estimate of drug-likeness (QED) is 0.391. The third-order valence-corrected chi connectivity index (χ3v) is 4.66. The van der Waals surface area contributed by atoms with Crippen LogP contribution in [0.4, 0.5) is 17.3 Å². The molecule has 4 aromatic rings. The molecule has 32 heavy (non-hydrogen) atoms. The molecular formula is C22H24N8O2. The van der Waals surface area contributed by atoms with Crippen molar-refractivity contribution in [1.82, 2.24) is 29.5 Å². The summed E-state index contributed by atoms with van der Waals surface area (Å²) in [7, 11) is 1.66. The third-order valence-electron chi connectivity index (χ3n) is 4.66.